The van der Waals surface area contributed by atoms with Gasteiger partial charge >= 0.3 is 0 Å². The molecule has 0 aliphatic heterocycles. The van der Waals surface area contributed by atoms with E-state index in [4.69, 9.17) is 5.26 Å². The molecule has 0 aromatic carbocycles. The molecule has 0 spiro atoms. The van der Waals surface area contributed by atoms with Gasteiger partial charge in [0.05, 0.1) is 0 Å². The van der Waals surface area contributed by atoms with Crippen molar-refractivity contribution in [2.24, 2.45) is 5.92 Å². The molecule has 3 heteroatoms. The van der Waals surface area contributed by atoms with E-state index in [-0.39, 0.29) is 0 Å². The van der Waals surface area contributed by atoms with E-state index < -0.39 is 0 Å². The second-order valence-corrected chi connectivity index (χ2v) is 4.65. The Labute approximate surface area is 104 Å². The highest BCUT2D eigenvalue weighted by Gasteiger charge is 2.08. The van der Waals surface area contributed by atoms with Crippen LogP contribution in [0.25, 0.3) is 0 Å². The molecule has 2 atom stereocenters. The average molecular weight is 231 g/mol. The number of rotatable bonds is 6. The minimum Gasteiger partial charge on any atom is -0.310 e. The van der Waals surface area contributed by atoms with Gasteiger partial charge in [-0.3, -0.25) is 0 Å². The van der Waals surface area contributed by atoms with Crippen molar-refractivity contribution in [1.29, 1.82) is 5.26 Å². The zero-order valence-electron chi connectivity index (χ0n) is 10.9. The van der Waals surface area contributed by atoms with Crippen LogP contribution in [-0.4, -0.2) is 11.0 Å². The van der Waals surface area contributed by atoms with E-state index in [0.717, 1.165) is 11.5 Å². The SMILES string of the molecule is CCC(C)CC(C)NCc1cccnc1C#N. The minimum absolute atomic E-state index is 0.469. The van der Waals surface area contributed by atoms with Gasteiger partial charge in [-0.05, 0) is 25.3 Å². The van der Waals surface area contributed by atoms with Crippen LogP contribution in [-0.2, 0) is 6.54 Å². The monoisotopic (exact) mass is 231 g/mol. The van der Waals surface area contributed by atoms with Gasteiger partial charge in [0.25, 0.3) is 0 Å². The van der Waals surface area contributed by atoms with E-state index in [0.29, 0.717) is 18.3 Å². The number of nitrogens with one attached hydrogen (secondary N) is 1. The molecule has 0 aliphatic rings. The quantitative estimate of drug-likeness (QED) is 0.819. The third-order valence-electron chi connectivity index (χ3n) is 3.09. The normalized spacial score (nSPS) is 14.0. The summed E-state index contributed by atoms with van der Waals surface area (Å²) in [6, 6.07) is 6.41. The van der Waals surface area contributed by atoms with Crippen molar-refractivity contribution in [2.45, 2.75) is 46.2 Å². The van der Waals surface area contributed by atoms with Gasteiger partial charge in [0, 0.05) is 24.3 Å². The second-order valence-electron chi connectivity index (χ2n) is 4.65. The summed E-state index contributed by atoms with van der Waals surface area (Å²) >= 11 is 0. The Hall–Kier alpha value is -1.40. The maximum Gasteiger partial charge on any atom is 0.144 e. The molecule has 1 N–H and O–H groups in total. The molecule has 0 saturated heterocycles. The Balaban J connectivity index is 2.48. The summed E-state index contributed by atoms with van der Waals surface area (Å²) in [5.41, 5.74) is 1.50. The molecule has 2 unspecified atom stereocenters. The largest absolute Gasteiger partial charge is 0.310 e. The zero-order valence-corrected chi connectivity index (χ0v) is 10.9. The lowest BCUT2D eigenvalue weighted by Gasteiger charge is -2.17. The van der Waals surface area contributed by atoms with Crippen molar-refractivity contribution >= 4 is 0 Å². The molecule has 0 aliphatic carbocycles. The first-order valence-electron chi connectivity index (χ1n) is 6.24. The summed E-state index contributed by atoms with van der Waals surface area (Å²) in [6.07, 6.45) is 4.03. The highest BCUT2D eigenvalue weighted by Crippen LogP contribution is 2.10. The fourth-order valence-corrected chi connectivity index (χ4v) is 1.82. The summed E-state index contributed by atoms with van der Waals surface area (Å²) in [6.45, 7) is 7.39. The molecule has 17 heavy (non-hydrogen) atoms. The molecule has 0 amide bonds. The van der Waals surface area contributed by atoms with E-state index in [9.17, 15) is 0 Å². The highest BCUT2D eigenvalue weighted by molar-refractivity contribution is 5.30. The first kappa shape index (κ1) is 13.7. The summed E-state index contributed by atoms with van der Waals surface area (Å²) in [7, 11) is 0. The molecule has 3 nitrogen and oxygen atoms in total. The predicted molar refractivity (Wildman–Crippen MR) is 69.3 cm³/mol. The van der Waals surface area contributed by atoms with Crippen molar-refractivity contribution in [3.63, 3.8) is 0 Å². The summed E-state index contributed by atoms with van der Waals surface area (Å²) < 4.78 is 0. The Morgan fingerprint density at radius 3 is 2.88 bits per heavy atom. The first-order chi connectivity index (χ1) is 8.17. The number of nitriles is 1. The van der Waals surface area contributed by atoms with E-state index in [2.05, 4.69) is 37.1 Å². The Morgan fingerprint density at radius 2 is 2.24 bits per heavy atom. The van der Waals surface area contributed by atoms with Crippen LogP contribution in [0.1, 0.15) is 44.9 Å². The van der Waals surface area contributed by atoms with Gasteiger partial charge in [0.1, 0.15) is 11.8 Å². The Kier molecular flexibility index (Phi) is 5.65. The van der Waals surface area contributed by atoms with Crippen molar-refractivity contribution in [3.05, 3.63) is 29.6 Å². The van der Waals surface area contributed by atoms with Crippen LogP contribution in [0.3, 0.4) is 0 Å². The minimum atomic E-state index is 0.469. The molecule has 1 heterocycles. The number of hydrogen-bond acceptors (Lipinski definition) is 3. The van der Waals surface area contributed by atoms with E-state index in [1.165, 1.54) is 12.8 Å². The fraction of sp³-hybridized carbons (Fsp3) is 0.571. The standard InChI is InChI=1S/C14H21N3/c1-4-11(2)8-12(3)17-10-13-6-5-7-16-14(13)9-15/h5-7,11-12,17H,4,8,10H2,1-3H3. The Bertz CT molecular complexity index is 381. The van der Waals surface area contributed by atoms with Gasteiger partial charge in [0.15, 0.2) is 0 Å². The second kappa shape index (κ2) is 7.03. The molecule has 1 rings (SSSR count). The van der Waals surface area contributed by atoms with Gasteiger partial charge in [-0.1, -0.05) is 26.3 Å². The van der Waals surface area contributed by atoms with Gasteiger partial charge in [-0.15, -0.1) is 0 Å². The average Bonchev–Trinajstić information content (AvgIpc) is 2.36. The lowest BCUT2D eigenvalue weighted by Crippen LogP contribution is -2.27. The lowest BCUT2D eigenvalue weighted by molar-refractivity contribution is 0.412. The van der Waals surface area contributed by atoms with Gasteiger partial charge < -0.3 is 5.32 Å². The molecular formula is C14H21N3. The van der Waals surface area contributed by atoms with Crippen molar-refractivity contribution in [1.82, 2.24) is 10.3 Å². The molecule has 92 valence electrons. The third kappa shape index (κ3) is 4.54. The molecule has 0 fully saturated rings. The number of aromatic nitrogens is 1. The number of pyridine rings is 1. The summed E-state index contributed by atoms with van der Waals surface area (Å²) in [5, 5.41) is 12.4. The summed E-state index contributed by atoms with van der Waals surface area (Å²) in [4.78, 5) is 4.05. The molecular weight excluding hydrogens is 210 g/mol. The third-order valence-corrected chi connectivity index (χ3v) is 3.09. The molecule has 0 bridgehead atoms. The van der Waals surface area contributed by atoms with E-state index in [1.54, 1.807) is 6.20 Å². The van der Waals surface area contributed by atoms with Gasteiger partial charge in [-0.2, -0.15) is 5.26 Å². The van der Waals surface area contributed by atoms with Crippen LogP contribution in [0.2, 0.25) is 0 Å². The zero-order chi connectivity index (χ0) is 12.7. The number of nitrogens with zero attached hydrogens (tertiary/aromatic N) is 2. The molecule has 0 radical (unpaired) electrons. The van der Waals surface area contributed by atoms with Crippen LogP contribution >= 0.6 is 0 Å². The lowest BCUT2D eigenvalue weighted by atomic mass is 10.0. The molecule has 1 aromatic heterocycles. The molecule has 0 saturated carbocycles. The van der Waals surface area contributed by atoms with Gasteiger partial charge in [0.2, 0.25) is 0 Å². The fourth-order valence-electron chi connectivity index (χ4n) is 1.82. The van der Waals surface area contributed by atoms with Crippen LogP contribution in [0.15, 0.2) is 18.3 Å². The maximum absolute atomic E-state index is 8.93. The number of hydrogen-bond donors (Lipinski definition) is 1. The van der Waals surface area contributed by atoms with Crippen molar-refractivity contribution in [3.8, 4) is 6.07 Å². The maximum atomic E-state index is 8.93. The topological polar surface area (TPSA) is 48.7 Å². The summed E-state index contributed by atoms with van der Waals surface area (Å²) in [5.74, 6) is 0.738. The molecule has 1 aromatic rings. The van der Waals surface area contributed by atoms with Gasteiger partial charge in [-0.25, -0.2) is 4.98 Å². The van der Waals surface area contributed by atoms with Crippen LogP contribution in [0.4, 0.5) is 0 Å². The van der Waals surface area contributed by atoms with Crippen LogP contribution in [0.5, 0.6) is 0 Å². The van der Waals surface area contributed by atoms with E-state index >= 15 is 0 Å². The van der Waals surface area contributed by atoms with Crippen molar-refractivity contribution in [2.75, 3.05) is 0 Å². The van der Waals surface area contributed by atoms with Crippen molar-refractivity contribution < 1.29 is 0 Å². The smallest absolute Gasteiger partial charge is 0.144 e. The predicted octanol–water partition coefficient (Wildman–Crippen LogP) is 2.87. The Morgan fingerprint density at radius 1 is 1.47 bits per heavy atom. The van der Waals surface area contributed by atoms with Crippen LogP contribution < -0.4 is 5.32 Å². The first-order valence-corrected chi connectivity index (χ1v) is 6.24. The highest BCUT2D eigenvalue weighted by atomic mass is 14.9. The van der Waals surface area contributed by atoms with E-state index in [1.807, 2.05) is 12.1 Å². The van der Waals surface area contributed by atoms with Crippen LogP contribution in [0, 0.1) is 17.2 Å².